The molecule has 106 valence electrons. The third-order valence-corrected chi connectivity index (χ3v) is 3.05. The second-order valence-electron chi connectivity index (χ2n) is 4.91. The molecule has 0 atom stereocenters. The van der Waals surface area contributed by atoms with Crippen molar-refractivity contribution in [2.75, 3.05) is 19.7 Å². The van der Waals surface area contributed by atoms with E-state index in [1.807, 2.05) is 6.07 Å². The number of benzene rings is 1. The van der Waals surface area contributed by atoms with E-state index in [0.717, 1.165) is 19.5 Å². The maximum absolute atomic E-state index is 10.9. The van der Waals surface area contributed by atoms with Gasteiger partial charge in [0.25, 0.3) is 0 Å². The van der Waals surface area contributed by atoms with Crippen LogP contribution in [0.15, 0.2) is 30.3 Å². The number of hydrogen-bond acceptors (Lipinski definition) is 3. The van der Waals surface area contributed by atoms with Crippen LogP contribution in [0.4, 0.5) is 0 Å². The number of carbonyl (C=O) groups is 1. The van der Waals surface area contributed by atoms with Crippen molar-refractivity contribution in [3.63, 3.8) is 0 Å². The Morgan fingerprint density at radius 2 is 2.00 bits per heavy atom. The smallest absolute Gasteiger partial charge is 0.245 e. The Bertz CT molecular complexity index is 366. The molecule has 1 aromatic carbocycles. The van der Waals surface area contributed by atoms with Crippen LogP contribution in [0, 0.1) is 0 Å². The van der Waals surface area contributed by atoms with E-state index in [0.29, 0.717) is 12.6 Å². The van der Waals surface area contributed by atoms with Gasteiger partial charge >= 0.3 is 0 Å². The molecule has 1 rings (SSSR count). The predicted molar refractivity (Wildman–Crippen MR) is 76.7 cm³/mol. The number of nitrogens with zero attached hydrogens (tertiary/aromatic N) is 1. The molecule has 0 radical (unpaired) electrons. The molecule has 2 N–H and O–H groups in total. The second kappa shape index (κ2) is 8.67. The minimum absolute atomic E-state index is 0.306. The lowest BCUT2D eigenvalue weighted by Gasteiger charge is -2.26. The molecule has 0 saturated heterocycles. The summed E-state index contributed by atoms with van der Waals surface area (Å²) in [5, 5.41) is 11.3. The van der Waals surface area contributed by atoms with E-state index in [1.165, 1.54) is 5.56 Å². The van der Waals surface area contributed by atoms with Gasteiger partial charge in [-0.2, -0.15) is 0 Å². The van der Waals surface area contributed by atoms with Crippen molar-refractivity contribution in [1.29, 1.82) is 0 Å². The fourth-order valence-corrected chi connectivity index (χ4v) is 1.90. The minimum Gasteiger partial charge on any atom is -0.387 e. The van der Waals surface area contributed by atoms with E-state index in [-0.39, 0.29) is 5.91 Å². The Morgan fingerprint density at radius 3 is 2.58 bits per heavy atom. The van der Waals surface area contributed by atoms with Gasteiger partial charge in [0.1, 0.15) is 6.61 Å². The summed E-state index contributed by atoms with van der Waals surface area (Å²) in [6, 6.07) is 10.8. The minimum atomic E-state index is -0.433. The quantitative estimate of drug-likeness (QED) is 0.698. The largest absolute Gasteiger partial charge is 0.387 e. The van der Waals surface area contributed by atoms with Gasteiger partial charge in [-0.05, 0) is 25.8 Å². The van der Waals surface area contributed by atoms with Gasteiger partial charge in [0.2, 0.25) is 5.91 Å². The van der Waals surface area contributed by atoms with E-state index in [2.05, 4.69) is 48.3 Å². The molecule has 0 aliphatic rings. The molecular formula is C15H24N2O2. The predicted octanol–water partition coefficient (Wildman–Crippen LogP) is 1.40. The summed E-state index contributed by atoms with van der Waals surface area (Å²) in [5.74, 6) is -0.306. The summed E-state index contributed by atoms with van der Waals surface area (Å²) >= 11 is 0. The summed E-state index contributed by atoms with van der Waals surface area (Å²) in [6.07, 6.45) is 0.886. The maximum Gasteiger partial charge on any atom is 0.245 e. The first-order valence-corrected chi connectivity index (χ1v) is 6.79. The molecule has 0 unspecified atom stereocenters. The summed E-state index contributed by atoms with van der Waals surface area (Å²) in [4.78, 5) is 13.3. The molecular weight excluding hydrogens is 240 g/mol. The Hall–Kier alpha value is -1.39. The van der Waals surface area contributed by atoms with E-state index in [9.17, 15) is 4.79 Å². The fraction of sp³-hybridized carbons (Fsp3) is 0.533. The zero-order valence-corrected chi connectivity index (χ0v) is 11.8. The van der Waals surface area contributed by atoms with Gasteiger partial charge in [-0.25, -0.2) is 0 Å². The van der Waals surface area contributed by atoms with Gasteiger partial charge in [-0.3, -0.25) is 9.69 Å². The number of aliphatic hydroxyl groups excluding tert-OH is 1. The lowest BCUT2D eigenvalue weighted by Crippen LogP contribution is -2.34. The third kappa shape index (κ3) is 6.36. The number of nitrogens with one attached hydrogen (secondary N) is 1. The van der Waals surface area contributed by atoms with Gasteiger partial charge in [-0.15, -0.1) is 0 Å². The van der Waals surface area contributed by atoms with Crippen molar-refractivity contribution in [2.24, 2.45) is 0 Å². The van der Waals surface area contributed by atoms with Gasteiger partial charge < -0.3 is 10.4 Å². The van der Waals surface area contributed by atoms with Gasteiger partial charge in [0.05, 0.1) is 0 Å². The summed E-state index contributed by atoms with van der Waals surface area (Å²) in [5.41, 5.74) is 1.30. The van der Waals surface area contributed by atoms with Crippen LogP contribution in [-0.2, 0) is 11.3 Å². The third-order valence-electron chi connectivity index (χ3n) is 3.05. The molecule has 19 heavy (non-hydrogen) atoms. The monoisotopic (exact) mass is 264 g/mol. The SMILES string of the molecule is CC(C)N(CCCNC(=O)CO)Cc1ccccc1. The summed E-state index contributed by atoms with van der Waals surface area (Å²) in [6.45, 7) is 6.38. The highest BCUT2D eigenvalue weighted by Gasteiger charge is 2.09. The van der Waals surface area contributed by atoms with Crippen molar-refractivity contribution in [3.8, 4) is 0 Å². The first kappa shape index (κ1) is 15.7. The Morgan fingerprint density at radius 1 is 1.32 bits per heavy atom. The van der Waals surface area contributed by atoms with Crippen molar-refractivity contribution in [2.45, 2.75) is 32.9 Å². The van der Waals surface area contributed by atoms with Crippen LogP contribution in [0.3, 0.4) is 0 Å². The molecule has 4 nitrogen and oxygen atoms in total. The van der Waals surface area contributed by atoms with Gasteiger partial charge in [0.15, 0.2) is 0 Å². The zero-order valence-electron chi connectivity index (χ0n) is 11.8. The highest BCUT2D eigenvalue weighted by Crippen LogP contribution is 2.08. The van der Waals surface area contributed by atoms with Gasteiger partial charge in [0, 0.05) is 25.7 Å². The molecule has 0 saturated carbocycles. The molecule has 0 aromatic heterocycles. The first-order valence-electron chi connectivity index (χ1n) is 6.79. The lowest BCUT2D eigenvalue weighted by molar-refractivity contribution is -0.123. The van der Waals surface area contributed by atoms with Crippen LogP contribution in [-0.4, -0.2) is 41.7 Å². The molecule has 1 aromatic rings. The number of hydrogen-bond donors (Lipinski definition) is 2. The Kier molecular flexibility index (Phi) is 7.15. The molecule has 0 fully saturated rings. The van der Waals surface area contributed by atoms with Crippen LogP contribution in [0.2, 0.25) is 0 Å². The van der Waals surface area contributed by atoms with E-state index < -0.39 is 6.61 Å². The molecule has 0 aliphatic heterocycles. The zero-order chi connectivity index (χ0) is 14.1. The van der Waals surface area contributed by atoms with Crippen LogP contribution in [0.1, 0.15) is 25.8 Å². The highest BCUT2D eigenvalue weighted by molar-refractivity contribution is 5.76. The first-order chi connectivity index (χ1) is 9.13. The molecule has 0 heterocycles. The maximum atomic E-state index is 10.9. The van der Waals surface area contributed by atoms with Gasteiger partial charge in [-0.1, -0.05) is 30.3 Å². The molecule has 1 amide bonds. The summed E-state index contributed by atoms with van der Waals surface area (Å²) in [7, 11) is 0. The standard InChI is InChI=1S/C15H24N2O2/c1-13(2)17(10-6-9-16-15(19)12-18)11-14-7-4-3-5-8-14/h3-5,7-8,13,18H,6,9-12H2,1-2H3,(H,16,19). The number of rotatable bonds is 8. The van der Waals surface area contributed by atoms with E-state index in [1.54, 1.807) is 0 Å². The molecule has 0 spiro atoms. The molecule has 0 aliphatic carbocycles. The average molecular weight is 264 g/mol. The number of aliphatic hydroxyl groups is 1. The molecule has 0 bridgehead atoms. The van der Waals surface area contributed by atoms with Crippen LogP contribution < -0.4 is 5.32 Å². The number of carbonyl (C=O) groups excluding carboxylic acids is 1. The average Bonchev–Trinajstić information content (AvgIpc) is 2.42. The highest BCUT2D eigenvalue weighted by atomic mass is 16.3. The second-order valence-corrected chi connectivity index (χ2v) is 4.91. The van der Waals surface area contributed by atoms with E-state index in [4.69, 9.17) is 5.11 Å². The Balaban J connectivity index is 2.35. The lowest BCUT2D eigenvalue weighted by atomic mass is 10.2. The van der Waals surface area contributed by atoms with Crippen molar-refractivity contribution < 1.29 is 9.90 Å². The van der Waals surface area contributed by atoms with Crippen molar-refractivity contribution in [1.82, 2.24) is 10.2 Å². The van der Waals surface area contributed by atoms with Crippen LogP contribution >= 0.6 is 0 Å². The van der Waals surface area contributed by atoms with Crippen molar-refractivity contribution in [3.05, 3.63) is 35.9 Å². The number of amides is 1. The van der Waals surface area contributed by atoms with Crippen LogP contribution in [0.5, 0.6) is 0 Å². The fourth-order valence-electron chi connectivity index (χ4n) is 1.90. The van der Waals surface area contributed by atoms with Crippen LogP contribution in [0.25, 0.3) is 0 Å². The van der Waals surface area contributed by atoms with Crippen molar-refractivity contribution >= 4 is 5.91 Å². The summed E-state index contributed by atoms with van der Waals surface area (Å²) < 4.78 is 0. The molecule has 4 heteroatoms. The topological polar surface area (TPSA) is 52.6 Å². The normalized spacial score (nSPS) is 11.0. The van der Waals surface area contributed by atoms with E-state index >= 15 is 0 Å². The Labute approximate surface area is 115 Å².